The standard InChI is InChI=1S/C20H44NO.BrH/c1-4-6-8-10-12-14-18-21(3,19-15-16-20-22)17-13-11-9-7-5-2;/h22H,4-20H2,1-3H3;1H/q+1;/p-1. The van der Waals surface area contributed by atoms with Crippen molar-refractivity contribution in [3.63, 3.8) is 0 Å². The van der Waals surface area contributed by atoms with Crippen LogP contribution in [-0.4, -0.2) is 42.9 Å². The molecule has 0 aliphatic heterocycles. The molecule has 0 heterocycles. The number of hydrogen-bond donors (Lipinski definition) is 1. The van der Waals surface area contributed by atoms with Crippen LogP contribution >= 0.6 is 0 Å². The van der Waals surface area contributed by atoms with E-state index in [0.29, 0.717) is 6.61 Å². The van der Waals surface area contributed by atoms with Crippen molar-refractivity contribution in [3.05, 3.63) is 0 Å². The average molecular weight is 394 g/mol. The van der Waals surface area contributed by atoms with E-state index in [4.69, 9.17) is 5.11 Å². The molecule has 0 spiro atoms. The Labute approximate surface area is 157 Å². The Morgan fingerprint density at radius 1 is 0.565 bits per heavy atom. The van der Waals surface area contributed by atoms with E-state index in [1.807, 2.05) is 0 Å². The van der Waals surface area contributed by atoms with Gasteiger partial charge < -0.3 is 26.6 Å². The lowest BCUT2D eigenvalue weighted by Gasteiger charge is -2.35. The second-order valence-electron chi connectivity index (χ2n) is 7.40. The molecule has 0 amide bonds. The van der Waals surface area contributed by atoms with Crippen molar-refractivity contribution in [1.29, 1.82) is 0 Å². The number of aliphatic hydroxyl groups excluding tert-OH is 1. The van der Waals surface area contributed by atoms with E-state index in [1.54, 1.807) is 0 Å². The fourth-order valence-electron chi connectivity index (χ4n) is 3.31. The van der Waals surface area contributed by atoms with Gasteiger partial charge in [-0.15, -0.1) is 0 Å². The maximum Gasteiger partial charge on any atom is 0.0785 e. The smallest absolute Gasteiger partial charge is 0.0785 e. The molecule has 2 nitrogen and oxygen atoms in total. The van der Waals surface area contributed by atoms with Crippen molar-refractivity contribution >= 4 is 0 Å². The quantitative estimate of drug-likeness (QED) is 0.297. The zero-order valence-electron chi connectivity index (χ0n) is 16.3. The molecule has 1 atom stereocenters. The van der Waals surface area contributed by atoms with Gasteiger partial charge in [0.05, 0.1) is 26.7 Å². The summed E-state index contributed by atoms with van der Waals surface area (Å²) in [7, 11) is 2.45. The van der Waals surface area contributed by atoms with Crippen LogP contribution in [0.15, 0.2) is 0 Å². The van der Waals surface area contributed by atoms with Crippen LogP contribution in [0, 0.1) is 0 Å². The van der Waals surface area contributed by atoms with Crippen molar-refractivity contribution in [1.82, 2.24) is 0 Å². The minimum atomic E-state index is 0. The van der Waals surface area contributed by atoms with Crippen molar-refractivity contribution < 1.29 is 26.6 Å². The number of aliphatic hydroxyl groups is 1. The molecule has 1 unspecified atom stereocenters. The van der Waals surface area contributed by atoms with Crippen molar-refractivity contribution in [2.75, 3.05) is 33.3 Å². The number of quaternary nitrogens is 1. The van der Waals surface area contributed by atoms with Crippen molar-refractivity contribution in [3.8, 4) is 0 Å². The van der Waals surface area contributed by atoms with Crippen molar-refractivity contribution in [2.24, 2.45) is 0 Å². The van der Waals surface area contributed by atoms with Crippen LogP contribution in [0.5, 0.6) is 0 Å². The number of halogens is 1. The SMILES string of the molecule is CCCCCCCC[N+](C)(CCCCO)CCCCCCC.[Br-]. The fraction of sp³-hybridized carbons (Fsp3) is 1.00. The normalized spacial score (nSPS) is 13.6. The minimum Gasteiger partial charge on any atom is -1.00 e. The predicted molar refractivity (Wildman–Crippen MR) is 99.2 cm³/mol. The molecule has 0 bridgehead atoms. The van der Waals surface area contributed by atoms with Gasteiger partial charge in [-0.2, -0.15) is 0 Å². The highest BCUT2D eigenvalue weighted by Gasteiger charge is 2.19. The Morgan fingerprint density at radius 3 is 1.30 bits per heavy atom. The van der Waals surface area contributed by atoms with Gasteiger partial charge in [-0.3, -0.25) is 0 Å². The van der Waals surface area contributed by atoms with E-state index in [0.717, 1.165) is 6.42 Å². The number of rotatable bonds is 17. The lowest BCUT2D eigenvalue weighted by Crippen LogP contribution is -3.00. The Morgan fingerprint density at radius 2 is 0.913 bits per heavy atom. The minimum absolute atomic E-state index is 0. The Bertz CT molecular complexity index is 226. The van der Waals surface area contributed by atoms with Crippen LogP contribution in [0.3, 0.4) is 0 Å². The van der Waals surface area contributed by atoms with Gasteiger partial charge in [-0.25, -0.2) is 0 Å². The molecule has 0 aromatic rings. The first-order valence-corrected chi connectivity index (χ1v) is 10.1. The highest BCUT2D eigenvalue weighted by atomic mass is 79.9. The lowest BCUT2D eigenvalue weighted by atomic mass is 10.1. The van der Waals surface area contributed by atoms with Crippen molar-refractivity contribution in [2.45, 2.75) is 97.3 Å². The first-order chi connectivity index (χ1) is 10.7. The van der Waals surface area contributed by atoms with E-state index in [-0.39, 0.29) is 17.0 Å². The van der Waals surface area contributed by atoms with Crippen LogP contribution in [0.1, 0.15) is 97.3 Å². The molecule has 0 fully saturated rings. The monoisotopic (exact) mass is 393 g/mol. The topological polar surface area (TPSA) is 20.2 Å². The van der Waals surface area contributed by atoms with Gasteiger partial charge in [0.25, 0.3) is 0 Å². The van der Waals surface area contributed by atoms with Crippen LogP contribution in [0.2, 0.25) is 0 Å². The second kappa shape index (κ2) is 18.7. The number of nitrogens with zero attached hydrogens (tertiary/aromatic N) is 1. The van der Waals surface area contributed by atoms with Crippen LogP contribution in [0.4, 0.5) is 0 Å². The highest BCUT2D eigenvalue weighted by molar-refractivity contribution is 4.49. The molecule has 0 saturated carbocycles. The van der Waals surface area contributed by atoms with Gasteiger partial charge in [0.1, 0.15) is 0 Å². The van der Waals surface area contributed by atoms with Crippen LogP contribution < -0.4 is 17.0 Å². The molecule has 0 aromatic carbocycles. The van der Waals surface area contributed by atoms with Crippen LogP contribution in [-0.2, 0) is 0 Å². The summed E-state index contributed by atoms with van der Waals surface area (Å²) < 4.78 is 1.24. The fourth-order valence-corrected chi connectivity index (χ4v) is 3.31. The summed E-state index contributed by atoms with van der Waals surface area (Å²) in [6, 6.07) is 0. The Balaban J connectivity index is 0. The molecule has 0 radical (unpaired) electrons. The highest BCUT2D eigenvalue weighted by Crippen LogP contribution is 2.14. The first kappa shape index (κ1) is 25.6. The summed E-state index contributed by atoms with van der Waals surface area (Å²) >= 11 is 0. The molecular formula is C20H44BrNO. The van der Waals surface area contributed by atoms with Gasteiger partial charge in [-0.05, 0) is 38.5 Å². The zero-order chi connectivity index (χ0) is 16.5. The summed E-state index contributed by atoms with van der Waals surface area (Å²) in [6.07, 6.45) is 17.4. The molecule has 0 aromatic heterocycles. The summed E-state index contributed by atoms with van der Waals surface area (Å²) in [5.41, 5.74) is 0. The van der Waals surface area contributed by atoms with Gasteiger partial charge >= 0.3 is 0 Å². The molecule has 3 heteroatoms. The first-order valence-electron chi connectivity index (χ1n) is 10.1. The molecule has 0 rings (SSSR count). The summed E-state index contributed by atoms with van der Waals surface area (Å²) in [5, 5.41) is 9.03. The Kier molecular flexibility index (Phi) is 20.9. The maximum absolute atomic E-state index is 9.03. The lowest BCUT2D eigenvalue weighted by molar-refractivity contribution is -0.910. The zero-order valence-corrected chi connectivity index (χ0v) is 17.9. The average Bonchev–Trinajstić information content (AvgIpc) is 2.51. The van der Waals surface area contributed by atoms with E-state index in [9.17, 15) is 0 Å². The third kappa shape index (κ3) is 17.0. The Hall–Kier alpha value is 0.400. The van der Waals surface area contributed by atoms with Gasteiger partial charge in [0.15, 0.2) is 0 Å². The third-order valence-corrected chi connectivity index (χ3v) is 4.96. The second-order valence-corrected chi connectivity index (χ2v) is 7.40. The maximum atomic E-state index is 9.03. The molecule has 0 saturated heterocycles. The molecule has 142 valence electrons. The van der Waals surface area contributed by atoms with E-state index >= 15 is 0 Å². The third-order valence-electron chi connectivity index (χ3n) is 4.96. The van der Waals surface area contributed by atoms with E-state index < -0.39 is 0 Å². The van der Waals surface area contributed by atoms with E-state index in [1.165, 1.54) is 101 Å². The molecule has 23 heavy (non-hydrogen) atoms. The summed E-state index contributed by atoms with van der Waals surface area (Å²) in [6.45, 7) is 8.85. The molecule has 1 N–H and O–H groups in total. The largest absolute Gasteiger partial charge is 1.00 e. The van der Waals surface area contributed by atoms with Crippen LogP contribution in [0.25, 0.3) is 0 Å². The summed E-state index contributed by atoms with van der Waals surface area (Å²) in [5.74, 6) is 0. The molecular weight excluding hydrogens is 350 g/mol. The van der Waals surface area contributed by atoms with Gasteiger partial charge in [0.2, 0.25) is 0 Å². The summed E-state index contributed by atoms with van der Waals surface area (Å²) in [4.78, 5) is 0. The van der Waals surface area contributed by atoms with Gasteiger partial charge in [-0.1, -0.05) is 58.8 Å². The number of unbranched alkanes of at least 4 members (excludes halogenated alkanes) is 10. The van der Waals surface area contributed by atoms with Gasteiger partial charge in [0, 0.05) is 6.61 Å². The van der Waals surface area contributed by atoms with E-state index in [2.05, 4.69) is 20.9 Å². The molecule has 0 aliphatic carbocycles. The predicted octanol–water partition coefficient (Wildman–Crippen LogP) is 2.54. The number of hydrogen-bond acceptors (Lipinski definition) is 1. The molecule has 0 aliphatic rings.